The number of carbonyl (C=O) groups excluding carboxylic acids is 2. The lowest BCUT2D eigenvalue weighted by Gasteiger charge is -2.03. The Morgan fingerprint density at radius 1 is 1.22 bits per heavy atom. The molecule has 4 heteroatoms. The van der Waals surface area contributed by atoms with Gasteiger partial charge in [0.05, 0.1) is 12.7 Å². The summed E-state index contributed by atoms with van der Waals surface area (Å²) in [6.07, 6.45) is 1.68. The third kappa shape index (κ3) is 1.79. The van der Waals surface area contributed by atoms with Gasteiger partial charge in [-0.1, -0.05) is 6.07 Å². The molecule has 0 aliphatic rings. The molecule has 4 nitrogen and oxygen atoms in total. The molecular weight excluding hydrogens is 230 g/mol. The van der Waals surface area contributed by atoms with E-state index in [2.05, 4.69) is 4.74 Å². The maximum Gasteiger partial charge on any atom is 0.379 e. The van der Waals surface area contributed by atoms with Crippen molar-refractivity contribution in [1.82, 2.24) is 4.57 Å². The number of hydrogen-bond acceptors (Lipinski definition) is 3. The van der Waals surface area contributed by atoms with Crippen LogP contribution in [0.3, 0.4) is 0 Å². The molecule has 2 aromatic rings. The van der Waals surface area contributed by atoms with Crippen LogP contribution in [0.15, 0.2) is 18.3 Å². The molecule has 1 aromatic heterocycles. The van der Waals surface area contributed by atoms with Crippen molar-refractivity contribution in [3.8, 4) is 0 Å². The van der Waals surface area contributed by atoms with Crippen molar-refractivity contribution in [2.24, 2.45) is 7.05 Å². The summed E-state index contributed by atoms with van der Waals surface area (Å²) in [4.78, 5) is 23.3. The lowest BCUT2D eigenvalue weighted by atomic mass is 10.0. The lowest BCUT2D eigenvalue weighted by Crippen LogP contribution is -2.15. The molecule has 0 unspecified atom stereocenters. The van der Waals surface area contributed by atoms with Crippen molar-refractivity contribution in [3.63, 3.8) is 0 Å². The maximum absolute atomic E-state index is 12.0. The zero-order valence-corrected chi connectivity index (χ0v) is 10.9. The summed E-state index contributed by atoms with van der Waals surface area (Å²) >= 11 is 0. The summed E-state index contributed by atoms with van der Waals surface area (Å²) in [6.45, 7) is 3.94. The van der Waals surface area contributed by atoms with Crippen molar-refractivity contribution < 1.29 is 14.3 Å². The van der Waals surface area contributed by atoms with Crippen LogP contribution in [0.1, 0.15) is 21.5 Å². The summed E-state index contributed by atoms with van der Waals surface area (Å²) in [5, 5.41) is 0.818. The lowest BCUT2D eigenvalue weighted by molar-refractivity contribution is -0.135. The molecule has 0 amide bonds. The minimum absolute atomic E-state index is 0.400. The second-order valence-electron chi connectivity index (χ2n) is 4.45. The number of fused-ring (bicyclic) bond motifs is 1. The van der Waals surface area contributed by atoms with E-state index in [1.54, 1.807) is 6.20 Å². The number of benzene rings is 1. The first-order valence-corrected chi connectivity index (χ1v) is 5.64. The van der Waals surface area contributed by atoms with E-state index in [0.717, 1.165) is 22.0 Å². The molecule has 1 heterocycles. The topological polar surface area (TPSA) is 48.3 Å². The maximum atomic E-state index is 12.0. The molecule has 18 heavy (non-hydrogen) atoms. The Balaban J connectivity index is 2.74. The van der Waals surface area contributed by atoms with E-state index < -0.39 is 11.8 Å². The Bertz CT molecular complexity index is 653. The third-order valence-corrected chi connectivity index (χ3v) is 3.05. The smallest absolute Gasteiger partial charge is 0.379 e. The molecule has 0 bridgehead atoms. The number of ether oxygens (including phenoxy) is 1. The number of esters is 1. The van der Waals surface area contributed by atoms with E-state index in [9.17, 15) is 9.59 Å². The fraction of sp³-hybridized carbons (Fsp3) is 0.286. The summed E-state index contributed by atoms with van der Waals surface area (Å²) in [5.41, 5.74) is 3.45. The summed E-state index contributed by atoms with van der Waals surface area (Å²) in [5.74, 6) is -1.43. The highest BCUT2D eigenvalue weighted by atomic mass is 16.5. The molecule has 0 spiro atoms. The SMILES string of the molecule is COC(=O)C(=O)c1cn(C)c2cc(C)cc(C)c12. The molecule has 0 aliphatic heterocycles. The molecule has 0 radical (unpaired) electrons. The van der Waals surface area contributed by atoms with Gasteiger partial charge < -0.3 is 9.30 Å². The van der Waals surface area contributed by atoms with Gasteiger partial charge >= 0.3 is 5.97 Å². The summed E-state index contributed by atoms with van der Waals surface area (Å²) in [7, 11) is 3.07. The van der Waals surface area contributed by atoms with Gasteiger partial charge in [-0.05, 0) is 31.0 Å². The largest absolute Gasteiger partial charge is 0.463 e. The molecule has 0 saturated heterocycles. The van der Waals surface area contributed by atoms with Crippen molar-refractivity contribution in [2.75, 3.05) is 7.11 Å². The number of hydrogen-bond donors (Lipinski definition) is 0. The minimum Gasteiger partial charge on any atom is -0.463 e. The van der Waals surface area contributed by atoms with Crippen LogP contribution in [-0.2, 0) is 16.6 Å². The predicted octanol–water partition coefficient (Wildman–Crippen LogP) is 2.15. The van der Waals surface area contributed by atoms with E-state index in [0.29, 0.717) is 5.56 Å². The van der Waals surface area contributed by atoms with Crippen LogP contribution < -0.4 is 0 Å². The predicted molar refractivity (Wildman–Crippen MR) is 68.7 cm³/mol. The Kier molecular flexibility index (Phi) is 2.95. The Morgan fingerprint density at radius 2 is 1.89 bits per heavy atom. The van der Waals surface area contributed by atoms with Crippen molar-refractivity contribution in [1.29, 1.82) is 0 Å². The average Bonchev–Trinajstić information content (AvgIpc) is 2.65. The van der Waals surface area contributed by atoms with Crippen molar-refractivity contribution in [2.45, 2.75) is 13.8 Å². The third-order valence-electron chi connectivity index (χ3n) is 3.05. The highest BCUT2D eigenvalue weighted by Gasteiger charge is 2.22. The number of methoxy groups -OCH3 is 1. The van der Waals surface area contributed by atoms with Crippen LogP contribution in [0.4, 0.5) is 0 Å². The monoisotopic (exact) mass is 245 g/mol. The Labute approximate surface area is 105 Å². The quantitative estimate of drug-likeness (QED) is 0.462. The number of rotatable bonds is 2. The van der Waals surface area contributed by atoms with Crippen LogP contribution in [0, 0.1) is 13.8 Å². The van der Waals surface area contributed by atoms with Gasteiger partial charge in [-0.3, -0.25) is 4.79 Å². The fourth-order valence-electron chi connectivity index (χ4n) is 2.28. The zero-order valence-electron chi connectivity index (χ0n) is 10.9. The molecule has 2 rings (SSSR count). The van der Waals surface area contributed by atoms with Crippen molar-refractivity contribution >= 4 is 22.7 Å². The zero-order chi connectivity index (χ0) is 13.4. The first-order chi connectivity index (χ1) is 8.45. The molecule has 1 aromatic carbocycles. The number of ketones is 1. The van der Waals surface area contributed by atoms with E-state index in [1.807, 2.05) is 37.6 Å². The van der Waals surface area contributed by atoms with E-state index in [1.165, 1.54) is 7.11 Å². The van der Waals surface area contributed by atoms with E-state index >= 15 is 0 Å². The number of aromatic nitrogens is 1. The van der Waals surface area contributed by atoms with Crippen molar-refractivity contribution in [3.05, 3.63) is 35.0 Å². The number of nitrogens with zero attached hydrogens (tertiary/aromatic N) is 1. The van der Waals surface area contributed by atoms with Gasteiger partial charge in [0.25, 0.3) is 5.78 Å². The van der Waals surface area contributed by atoms with E-state index in [4.69, 9.17) is 0 Å². The van der Waals surface area contributed by atoms with Crippen LogP contribution in [0.2, 0.25) is 0 Å². The van der Waals surface area contributed by atoms with Gasteiger partial charge in [-0.15, -0.1) is 0 Å². The molecule has 0 atom stereocenters. The van der Waals surface area contributed by atoms with Gasteiger partial charge in [0.15, 0.2) is 0 Å². The van der Waals surface area contributed by atoms with Crippen LogP contribution >= 0.6 is 0 Å². The highest BCUT2D eigenvalue weighted by molar-refractivity contribution is 6.43. The second-order valence-corrected chi connectivity index (χ2v) is 4.45. The van der Waals surface area contributed by atoms with Crippen LogP contribution in [0.5, 0.6) is 0 Å². The van der Waals surface area contributed by atoms with Gasteiger partial charge in [0, 0.05) is 24.1 Å². The minimum atomic E-state index is -0.831. The molecule has 94 valence electrons. The van der Waals surface area contributed by atoms with Gasteiger partial charge in [-0.25, -0.2) is 4.79 Å². The molecule has 0 fully saturated rings. The second kappa shape index (κ2) is 4.29. The summed E-state index contributed by atoms with van der Waals surface area (Å²) in [6, 6.07) is 3.99. The molecule has 0 saturated carbocycles. The Morgan fingerprint density at radius 3 is 2.50 bits per heavy atom. The van der Waals surface area contributed by atoms with Crippen LogP contribution in [-0.4, -0.2) is 23.4 Å². The van der Waals surface area contributed by atoms with E-state index in [-0.39, 0.29) is 0 Å². The number of Topliss-reactive ketones (excluding diaryl/α,β-unsaturated/α-hetero) is 1. The highest BCUT2D eigenvalue weighted by Crippen LogP contribution is 2.26. The van der Waals surface area contributed by atoms with Gasteiger partial charge in [-0.2, -0.15) is 0 Å². The normalized spacial score (nSPS) is 10.7. The standard InChI is InChI=1S/C14H15NO3/c1-8-5-9(2)12-10(13(16)14(17)18-4)7-15(3)11(12)6-8/h5-7H,1-4H3. The Hall–Kier alpha value is -2.10. The molecular formula is C14H15NO3. The average molecular weight is 245 g/mol. The van der Waals surface area contributed by atoms with Gasteiger partial charge in [0.2, 0.25) is 0 Å². The fourth-order valence-corrected chi connectivity index (χ4v) is 2.28. The number of carbonyl (C=O) groups is 2. The first-order valence-electron chi connectivity index (χ1n) is 5.64. The summed E-state index contributed by atoms with van der Waals surface area (Å²) < 4.78 is 6.34. The molecule has 0 N–H and O–H groups in total. The van der Waals surface area contributed by atoms with Crippen LogP contribution in [0.25, 0.3) is 10.9 Å². The molecule has 0 aliphatic carbocycles. The number of aryl methyl sites for hydroxylation is 3. The van der Waals surface area contributed by atoms with Gasteiger partial charge in [0.1, 0.15) is 0 Å². The first kappa shape index (κ1) is 12.4.